The number of hydrogen-bond acceptors (Lipinski definition) is 2. The number of halogens is 1. The Morgan fingerprint density at radius 1 is 1.15 bits per heavy atom. The van der Waals surface area contributed by atoms with Gasteiger partial charge in [0, 0.05) is 16.5 Å². The average Bonchev–Trinajstić information content (AvgIpc) is 2.85. The van der Waals surface area contributed by atoms with E-state index in [-0.39, 0.29) is 0 Å². The van der Waals surface area contributed by atoms with E-state index < -0.39 is 6.10 Å². The van der Waals surface area contributed by atoms with Gasteiger partial charge in [0.2, 0.25) is 0 Å². The fourth-order valence-electron chi connectivity index (χ4n) is 2.80. The van der Waals surface area contributed by atoms with Gasteiger partial charge in [0.15, 0.2) is 0 Å². The summed E-state index contributed by atoms with van der Waals surface area (Å²) in [7, 11) is 0. The molecule has 104 valence electrons. The standard InChI is InChI=1S/C17H17BrO2/c1-10-3-4-14(11(2)7-10)16(19)15-9-13(18)8-12-5-6-20-17(12)15/h3-4,7-9,16,19H,5-6H2,1-2H3. The van der Waals surface area contributed by atoms with Crippen LogP contribution in [0.2, 0.25) is 0 Å². The molecule has 0 spiro atoms. The van der Waals surface area contributed by atoms with Crippen LogP contribution in [0.1, 0.15) is 33.9 Å². The Bertz CT molecular complexity index is 664. The summed E-state index contributed by atoms with van der Waals surface area (Å²) < 4.78 is 6.70. The molecule has 0 aromatic heterocycles. The lowest BCUT2D eigenvalue weighted by Gasteiger charge is -2.18. The molecule has 2 aromatic rings. The minimum Gasteiger partial charge on any atom is -0.493 e. The number of aliphatic hydroxyl groups excluding tert-OH is 1. The first-order valence-corrected chi connectivity index (χ1v) is 7.56. The molecule has 0 bridgehead atoms. The van der Waals surface area contributed by atoms with E-state index >= 15 is 0 Å². The van der Waals surface area contributed by atoms with Crippen molar-refractivity contribution in [3.8, 4) is 5.75 Å². The minimum absolute atomic E-state index is 0.653. The fraction of sp³-hybridized carbons (Fsp3) is 0.294. The number of benzene rings is 2. The molecule has 0 amide bonds. The van der Waals surface area contributed by atoms with Gasteiger partial charge in [0.25, 0.3) is 0 Å². The van der Waals surface area contributed by atoms with E-state index in [1.54, 1.807) is 0 Å². The van der Waals surface area contributed by atoms with E-state index in [1.165, 1.54) is 5.56 Å². The molecule has 1 aliphatic heterocycles. The van der Waals surface area contributed by atoms with Gasteiger partial charge in [-0.05, 0) is 42.7 Å². The molecule has 0 aliphatic carbocycles. The Balaban J connectivity index is 2.09. The highest BCUT2D eigenvalue weighted by molar-refractivity contribution is 9.10. The van der Waals surface area contributed by atoms with Crippen molar-refractivity contribution >= 4 is 15.9 Å². The number of rotatable bonds is 2. The number of aryl methyl sites for hydroxylation is 2. The summed E-state index contributed by atoms with van der Waals surface area (Å²) in [5.41, 5.74) is 5.25. The highest BCUT2D eigenvalue weighted by Crippen LogP contribution is 2.39. The summed E-state index contributed by atoms with van der Waals surface area (Å²) in [5.74, 6) is 0.848. The predicted octanol–water partition coefficient (Wildman–Crippen LogP) is 4.08. The topological polar surface area (TPSA) is 29.5 Å². The molecule has 1 atom stereocenters. The Morgan fingerprint density at radius 2 is 1.95 bits per heavy atom. The monoisotopic (exact) mass is 332 g/mol. The van der Waals surface area contributed by atoms with Crippen molar-refractivity contribution in [3.05, 3.63) is 62.6 Å². The third-order valence-electron chi connectivity index (χ3n) is 3.79. The van der Waals surface area contributed by atoms with Crippen LogP contribution in [0, 0.1) is 13.8 Å². The summed E-state index contributed by atoms with van der Waals surface area (Å²) in [4.78, 5) is 0. The van der Waals surface area contributed by atoms with E-state index in [1.807, 2.05) is 25.1 Å². The first-order chi connectivity index (χ1) is 9.56. The van der Waals surface area contributed by atoms with Crippen LogP contribution in [0.4, 0.5) is 0 Å². The molecule has 2 aromatic carbocycles. The van der Waals surface area contributed by atoms with Gasteiger partial charge < -0.3 is 9.84 Å². The van der Waals surface area contributed by atoms with Crippen molar-refractivity contribution in [2.45, 2.75) is 26.4 Å². The van der Waals surface area contributed by atoms with E-state index in [0.29, 0.717) is 6.61 Å². The molecule has 20 heavy (non-hydrogen) atoms. The lowest BCUT2D eigenvalue weighted by Crippen LogP contribution is -2.04. The third kappa shape index (κ3) is 2.36. The first-order valence-electron chi connectivity index (χ1n) is 6.76. The zero-order chi connectivity index (χ0) is 14.3. The van der Waals surface area contributed by atoms with Crippen LogP contribution in [0.5, 0.6) is 5.75 Å². The highest BCUT2D eigenvalue weighted by atomic mass is 79.9. The van der Waals surface area contributed by atoms with Gasteiger partial charge in [-0.2, -0.15) is 0 Å². The van der Waals surface area contributed by atoms with E-state index in [2.05, 4.69) is 35.0 Å². The van der Waals surface area contributed by atoms with E-state index in [9.17, 15) is 5.11 Å². The van der Waals surface area contributed by atoms with Crippen molar-refractivity contribution in [3.63, 3.8) is 0 Å². The molecule has 1 N–H and O–H groups in total. The lowest BCUT2D eigenvalue weighted by molar-refractivity contribution is 0.213. The Morgan fingerprint density at radius 3 is 2.70 bits per heavy atom. The van der Waals surface area contributed by atoms with Crippen molar-refractivity contribution in [2.24, 2.45) is 0 Å². The fourth-order valence-corrected chi connectivity index (χ4v) is 3.32. The minimum atomic E-state index is -0.653. The van der Waals surface area contributed by atoms with Gasteiger partial charge in [-0.15, -0.1) is 0 Å². The lowest BCUT2D eigenvalue weighted by atomic mass is 9.94. The Hall–Kier alpha value is -1.32. The van der Waals surface area contributed by atoms with Crippen molar-refractivity contribution in [1.29, 1.82) is 0 Å². The predicted molar refractivity (Wildman–Crippen MR) is 83.3 cm³/mol. The maximum Gasteiger partial charge on any atom is 0.128 e. The highest BCUT2D eigenvalue weighted by Gasteiger charge is 2.23. The van der Waals surface area contributed by atoms with Gasteiger partial charge in [0.05, 0.1) is 6.61 Å². The summed E-state index contributed by atoms with van der Waals surface area (Å²) in [6.45, 7) is 4.78. The largest absolute Gasteiger partial charge is 0.493 e. The second-order valence-corrected chi connectivity index (χ2v) is 6.26. The zero-order valence-corrected chi connectivity index (χ0v) is 13.2. The molecule has 3 heteroatoms. The van der Waals surface area contributed by atoms with Gasteiger partial charge >= 0.3 is 0 Å². The molecule has 0 radical (unpaired) electrons. The molecular weight excluding hydrogens is 316 g/mol. The molecule has 1 aliphatic rings. The maximum atomic E-state index is 10.8. The van der Waals surface area contributed by atoms with Crippen molar-refractivity contribution < 1.29 is 9.84 Å². The zero-order valence-electron chi connectivity index (χ0n) is 11.6. The molecule has 2 nitrogen and oxygen atoms in total. The molecule has 3 rings (SSSR count). The number of fused-ring (bicyclic) bond motifs is 1. The van der Waals surface area contributed by atoms with Crippen molar-refractivity contribution in [1.82, 2.24) is 0 Å². The van der Waals surface area contributed by atoms with Crippen LogP contribution in [0.15, 0.2) is 34.8 Å². The summed E-state index contributed by atoms with van der Waals surface area (Å²) >= 11 is 3.52. The summed E-state index contributed by atoms with van der Waals surface area (Å²) in [5, 5.41) is 10.8. The number of ether oxygens (including phenoxy) is 1. The summed E-state index contributed by atoms with van der Waals surface area (Å²) in [6, 6.07) is 10.1. The van der Waals surface area contributed by atoms with Crippen LogP contribution in [0.25, 0.3) is 0 Å². The van der Waals surface area contributed by atoms with Gasteiger partial charge in [0.1, 0.15) is 11.9 Å². The number of aliphatic hydroxyl groups is 1. The van der Waals surface area contributed by atoms with Crippen LogP contribution in [0.3, 0.4) is 0 Å². The second kappa shape index (κ2) is 5.23. The molecule has 1 heterocycles. The third-order valence-corrected chi connectivity index (χ3v) is 4.25. The van der Waals surface area contributed by atoms with Crippen LogP contribution in [-0.2, 0) is 6.42 Å². The molecule has 0 saturated carbocycles. The molecule has 0 saturated heterocycles. The van der Waals surface area contributed by atoms with Crippen LogP contribution < -0.4 is 4.74 Å². The maximum absolute atomic E-state index is 10.8. The smallest absolute Gasteiger partial charge is 0.128 e. The normalized spacial score (nSPS) is 14.8. The Labute approximate surface area is 127 Å². The SMILES string of the molecule is Cc1ccc(C(O)c2cc(Br)cc3c2OCC3)c(C)c1. The Kier molecular flexibility index (Phi) is 3.57. The van der Waals surface area contributed by atoms with E-state index in [0.717, 1.165) is 38.9 Å². The van der Waals surface area contributed by atoms with E-state index in [4.69, 9.17) is 4.74 Å². The van der Waals surface area contributed by atoms with Crippen LogP contribution in [-0.4, -0.2) is 11.7 Å². The molecule has 0 fully saturated rings. The average molecular weight is 333 g/mol. The molecule has 1 unspecified atom stereocenters. The summed E-state index contributed by atoms with van der Waals surface area (Å²) in [6.07, 6.45) is 0.251. The van der Waals surface area contributed by atoms with Gasteiger partial charge in [-0.25, -0.2) is 0 Å². The quantitative estimate of drug-likeness (QED) is 0.897. The molecular formula is C17H17BrO2. The van der Waals surface area contributed by atoms with Crippen LogP contribution >= 0.6 is 15.9 Å². The van der Waals surface area contributed by atoms with Gasteiger partial charge in [-0.1, -0.05) is 39.7 Å². The van der Waals surface area contributed by atoms with Crippen molar-refractivity contribution in [2.75, 3.05) is 6.61 Å². The first kappa shape index (κ1) is 13.7. The van der Waals surface area contributed by atoms with Gasteiger partial charge in [-0.3, -0.25) is 0 Å². The second-order valence-electron chi connectivity index (χ2n) is 5.34. The number of hydrogen-bond donors (Lipinski definition) is 1.